The predicted octanol–water partition coefficient (Wildman–Crippen LogP) is 2.52. The molecule has 1 heterocycles. The first kappa shape index (κ1) is 17.8. The summed E-state index contributed by atoms with van der Waals surface area (Å²) in [6, 6.07) is 7.80. The van der Waals surface area contributed by atoms with Crippen LogP contribution in [0.15, 0.2) is 24.3 Å². The predicted molar refractivity (Wildman–Crippen MR) is 96.1 cm³/mol. The molecular weight excluding hydrogens is 316 g/mol. The molecule has 5 nitrogen and oxygen atoms in total. The molecule has 3 rings (SSSR count). The van der Waals surface area contributed by atoms with Crippen molar-refractivity contribution in [2.75, 3.05) is 20.2 Å². The van der Waals surface area contributed by atoms with Gasteiger partial charge in [0.1, 0.15) is 5.75 Å². The van der Waals surface area contributed by atoms with Gasteiger partial charge in [0, 0.05) is 19.5 Å². The fourth-order valence-electron chi connectivity index (χ4n) is 3.89. The Morgan fingerprint density at radius 3 is 2.60 bits per heavy atom. The number of nitrogens with zero attached hydrogens (tertiary/aromatic N) is 1. The van der Waals surface area contributed by atoms with Gasteiger partial charge >= 0.3 is 0 Å². The van der Waals surface area contributed by atoms with E-state index in [9.17, 15) is 9.59 Å². The van der Waals surface area contributed by atoms with Crippen molar-refractivity contribution in [1.29, 1.82) is 0 Å². The molecule has 2 N–H and O–H groups in total. The molecule has 2 amide bonds. The Hall–Kier alpha value is -2.04. The molecule has 0 spiro atoms. The number of methoxy groups -OCH3 is 1. The minimum atomic E-state index is -0.505. The smallest absolute Gasteiger partial charge is 0.225 e. The van der Waals surface area contributed by atoms with E-state index in [0.717, 1.165) is 37.1 Å². The molecule has 1 unspecified atom stereocenters. The molecule has 2 aliphatic rings. The Morgan fingerprint density at radius 1 is 1.28 bits per heavy atom. The number of primary amides is 1. The average Bonchev–Trinajstić information content (AvgIpc) is 3.44. The van der Waals surface area contributed by atoms with Crippen molar-refractivity contribution in [2.24, 2.45) is 17.1 Å². The number of carbonyl (C=O) groups excluding carboxylic acids is 2. The molecule has 1 aliphatic heterocycles. The van der Waals surface area contributed by atoms with E-state index in [4.69, 9.17) is 10.5 Å². The van der Waals surface area contributed by atoms with E-state index in [1.165, 1.54) is 12.8 Å². The molecule has 0 radical (unpaired) electrons. The summed E-state index contributed by atoms with van der Waals surface area (Å²) in [4.78, 5) is 26.6. The van der Waals surface area contributed by atoms with Crippen LogP contribution in [0.2, 0.25) is 0 Å². The lowest BCUT2D eigenvalue weighted by Gasteiger charge is -2.41. The second-order valence-corrected chi connectivity index (χ2v) is 7.56. The second kappa shape index (κ2) is 7.46. The van der Waals surface area contributed by atoms with E-state index in [0.29, 0.717) is 25.3 Å². The highest BCUT2D eigenvalue weighted by molar-refractivity contribution is 5.83. The molecule has 1 aromatic rings. The molecule has 25 heavy (non-hydrogen) atoms. The van der Waals surface area contributed by atoms with Gasteiger partial charge < -0.3 is 15.4 Å². The summed E-state index contributed by atoms with van der Waals surface area (Å²) >= 11 is 0. The van der Waals surface area contributed by atoms with Gasteiger partial charge in [0.2, 0.25) is 11.8 Å². The van der Waals surface area contributed by atoms with Gasteiger partial charge in [-0.15, -0.1) is 0 Å². The third-order valence-corrected chi connectivity index (χ3v) is 5.62. The number of carbonyl (C=O) groups is 2. The van der Waals surface area contributed by atoms with E-state index in [2.05, 4.69) is 0 Å². The molecule has 136 valence electrons. The van der Waals surface area contributed by atoms with E-state index >= 15 is 0 Å². The van der Waals surface area contributed by atoms with Gasteiger partial charge in [-0.1, -0.05) is 25.0 Å². The van der Waals surface area contributed by atoms with Gasteiger partial charge in [-0.25, -0.2) is 0 Å². The van der Waals surface area contributed by atoms with Gasteiger partial charge in [0.05, 0.1) is 12.5 Å². The Kier molecular flexibility index (Phi) is 5.30. The lowest BCUT2D eigenvalue weighted by Crippen LogP contribution is -2.52. The monoisotopic (exact) mass is 344 g/mol. The first-order chi connectivity index (χ1) is 12.0. The summed E-state index contributed by atoms with van der Waals surface area (Å²) in [5.41, 5.74) is 6.36. The summed E-state index contributed by atoms with van der Waals surface area (Å²) in [5.74, 6) is 1.34. The van der Waals surface area contributed by atoms with Crippen LogP contribution in [-0.2, 0) is 16.0 Å². The van der Waals surface area contributed by atoms with Gasteiger partial charge in [-0.05, 0) is 49.3 Å². The van der Waals surface area contributed by atoms with Crippen LogP contribution in [0.25, 0.3) is 0 Å². The van der Waals surface area contributed by atoms with Gasteiger partial charge in [0.15, 0.2) is 0 Å². The Morgan fingerprint density at radius 2 is 2.00 bits per heavy atom. The van der Waals surface area contributed by atoms with E-state index in [1.54, 1.807) is 7.11 Å². The standard InChI is InChI=1S/C20H28N2O3/c1-25-17-8-5-15(6-9-17)7-10-18(23)22-12-2-11-20(14-22,19(21)24)13-16-3-4-16/h5-6,8-9,16H,2-4,7,10-14H2,1H3,(H2,21,24). The normalized spacial score (nSPS) is 23.3. The number of nitrogens with two attached hydrogens (primary N) is 1. The SMILES string of the molecule is COc1ccc(CCC(=O)N2CCCC(CC3CC3)(C(N)=O)C2)cc1. The summed E-state index contributed by atoms with van der Waals surface area (Å²) in [6.07, 6.45) is 6.09. The Balaban J connectivity index is 1.57. The summed E-state index contributed by atoms with van der Waals surface area (Å²) in [6.45, 7) is 1.24. The largest absolute Gasteiger partial charge is 0.497 e. The number of aryl methyl sites for hydroxylation is 1. The van der Waals surface area contributed by atoms with Crippen molar-refractivity contribution in [3.05, 3.63) is 29.8 Å². The highest BCUT2D eigenvalue weighted by Gasteiger charge is 2.45. The lowest BCUT2D eigenvalue weighted by molar-refractivity contribution is -0.140. The number of piperidine rings is 1. The Bertz CT molecular complexity index is 624. The zero-order chi connectivity index (χ0) is 17.9. The highest BCUT2D eigenvalue weighted by atomic mass is 16.5. The number of likely N-dealkylation sites (tertiary alicyclic amines) is 1. The quantitative estimate of drug-likeness (QED) is 0.826. The molecular formula is C20H28N2O3. The van der Waals surface area contributed by atoms with Crippen LogP contribution in [-0.4, -0.2) is 36.9 Å². The van der Waals surface area contributed by atoms with Crippen molar-refractivity contribution < 1.29 is 14.3 Å². The zero-order valence-electron chi connectivity index (χ0n) is 15.0. The number of rotatable bonds is 7. The molecule has 1 aliphatic carbocycles. The molecule has 1 aromatic carbocycles. The fraction of sp³-hybridized carbons (Fsp3) is 0.600. The average molecular weight is 344 g/mol. The molecule has 1 atom stereocenters. The van der Waals surface area contributed by atoms with Crippen molar-refractivity contribution in [1.82, 2.24) is 4.90 Å². The first-order valence-corrected chi connectivity index (χ1v) is 9.23. The number of hydrogen-bond acceptors (Lipinski definition) is 3. The molecule has 0 bridgehead atoms. The first-order valence-electron chi connectivity index (χ1n) is 9.23. The van der Waals surface area contributed by atoms with Crippen molar-refractivity contribution >= 4 is 11.8 Å². The van der Waals surface area contributed by atoms with Crippen LogP contribution in [0.5, 0.6) is 5.75 Å². The van der Waals surface area contributed by atoms with Crippen LogP contribution in [0.3, 0.4) is 0 Å². The number of ether oxygens (including phenoxy) is 1. The fourth-order valence-corrected chi connectivity index (χ4v) is 3.89. The number of hydrogen-bond donors (Lipinski definition) is 1. The van der Waals surface area contributed by atoms with Gasteiger partial charge in [-0.3, -0.25) is 9.59 Å². The van der Waals surface area contributed by atoms with Crippen LogP contribution in [0.4, 0.5) is 0 Å². The van der Waals surface area contributed by atoms with Gasteiger partial charge in [-0.2, -0.15) is 0 Å². The Labute approximate surface area is 149 Å². The molecule has 5 heteroatoms. The third kappa shape index (κ3) is 4.33. The van der Waals surface area contributed by atoms with Crippen LogP contribution in [0, 0.1) is 11.3 Å². The maximum absolute atomic E-state index is 12.7. The van der Waals surface area contributed by atoms with Crippen LogP contribution in [0.1, 0.15) is 44.1 Å². The second-order valence-electron chi connectivity index (χ2n) is 7.56. The lowest BCUT2D eigenvalue weighted by atomic mass is 9.75. The van der Waals surface area contributed by atoms with Crippen molar-refractivity contribution in [3.8, 4) is 5.75 Å². The van der Waals surface area contributed by atoms with E-state index in [1.807, 2.05) is 29.2 Å². The topological polar surface area (TPSA) is 72.6 Å². The molecule has 1 saturated heterocycles. The van der Waals surface area contributed by atoms with E-state index in [-0.39, 0.29) is 11.8 Å². The maximum atomic E-state index is 12.7. The minimum absolute atomic E-state index is 0.122. The van der Waals surface area contributed by atoms with E-state index < -0.39 is 5.41 Å². The summed E-state index contributed by atoms with van der Waals surface area (Å²) in [5, 5.41) is 0. The number of amides is 2. The minimum Gasteiger partial charge on any atom is -0.497 e. The number of benzene rings is 1. The third-order valence-electron chi connectivity index (χ3n) is 5.62. The molecule has 1 saturated carbocycles. The van der Waals surface area contributed by atoms with Crippen molar-refractivity contribution in [2.45, 2.75) is 44.9 Å². The highest BCUT2D eigenvalue weighted by Crippen LogP contribution is 2.44. The summed E-state index contributed by atoms with van der Waals surface area (Å²) in [7, 11) is 1.64. The zero-order valence-corrected chi connectivity index (χ0v) is 15.0. The maximum Gasteiger partial charge on any atom is 0.225 e. The van der Waals surface area contributed by atoms with Crippen LogP contribution >= 0.6 is 0 Å². The summed E-state index contributed by atoms with van der Waals surface area (Å²) < 4.78 is 5.15. The molecule has 0 aromatic heterocycles. The van der Waals surface area contributed by atoms with Gasteiger partial charge in [0.25, 0.3) is 0 Å². The molecule has 2 fully saturated rings. The van der Waals surface area contributed by atoms with Crippen LogP contribution < -0.4 is 10.5 Å². The van der Waals surface area contributed by atoms with Crippen molar-refractivity contribution in [3.63, 3.8) is 0 Å².